The van der Waals surface area contributed by atoms with Crippen LogP contribution >= 0.6 is 0 Å². The number of nitrogens with zero attached hydrogens (tertiary/aromatic N) is 3. The Morgan fingerprint density at radius 2 is 2.07 bits per heavy atom. The molecule has 2 aliphatic rings. The van der Waals surface area contributed by atoms with Gasteiger partial charge in [0.25, 0.3) is 5.56 Å². The Labute approximate surface area is 172 Å². The summed E-state index contributed by atoms with van der Waals surface area (Å²) in [6.07, 6.45) is 7.25. The van der Waals surface area contributed by atoms with Crippen molar-refractivity contribution in [2.45, 2.75) is 51.0 Å². The highest BCUT2D eigenvalue weighted by atomic mass is 16.5. The molecule has 0 bridgehead atoms. The summed E-state index contributed by atoms with van der Waals surface area (Å²) in [5.41, 5.74) is 3.97. The average molecular weight is 398 g/mol. The summed E-state index contributed by atoms with van der Waals surface area (Å²) in [4.78, 5) is 14.7. The van der Waals surface area contributed by atoms with Gasteiger partial charge in [-0.05, 0) is 62.8 Å². The lowest BCUT2D eigenvalue weighted by Crippen LogP contribution is -2.42. The van der Waals surface area contributed by atoms with E-state index in [0.717, 1.165) is 73.3 Å². The summed E-state index contributed by atoms with van der Waals surface area (Å²) in [6, 6.07) is 8.35. The highest BCUT2D eigenvalue weighted by Crippen LogP contribution is 2.30. The molecule has 0 amide bonds. The van der Waals surface area contributed by atoms with E-state index in [4.69, 9.17) is 4.74 Å². The van der Waals surface area contributed by atoms with E-state index in [1.54, 1.807) is 7.05 Å². The quantitative estimate of drug-likeness (QED) is 0.728. The van der Waals surface area contributed by atoms with Crippen molar-refractivity contribution in [1.29, 1.82) is 0 Å². The number of piperidine rings is 1. The van der Waals surface area contributed by atoms with E-state index in [0.29, 0.717) is 12.6 Å². The molecule has 0 spiro atoms. The predicted octanol–water partition coefficient (Wildman–Crippen LogP) is 2.55. The van der Waals surface area contributed by atoms with Gasteiger partial charge in [-0.3, -0.25) is 9.69 Å². The zero-order valence-electron chi connectivity index (χ0n) is 17.3. The molecule has 4 rings (SSSR count). The van der Waals surface area contributed by atoms with Crippen LogP contribution in [0.25, 0.3) is 11.3 Å². The van der Waals surface area contributed by atoms with Gasteiger partial charge in [0.1, 0.15) is 5.75 Å². The molecular formula is C23H31N3O3. The minimum Gasteiger partial charge on any atom is -0.494 e. The second-order valence-corrected chi connectivity index (χ2v) is 8.19. The Hall–Kier alpha value is -2.18. The van der Waals surface area contributed by atoms with Gasteiger partial charge in [-0.25, -0.2) is 4.68 Å². The molecule has 0 saturated carbocycles. The van der Waals surface area contributed by atoms with Gasteiger partial charge in [0.2, 0.25) is 0 Å². The second kappa shape index (κ2) is 9.09. The molecule has 156 valence electrons. The van der Waals surface area contributed by atoms with Crippen molar-refractivity contribution in [3.63, 3.8) is 0 Å². The Kier molecular flexibility index (Phi) is 6.31. The topological polar surface area (TPSA) is 67.6 Å². The summed E-state index contributed by atoms with van der Waals surface area (Å²) in [5.74, 6) is 0.835. The number of aromatic nitrogens is 2. The molecule has 1 N–H and O–H groups in total. The molecule has 29 heavy (non-hydrogen) atoms. The molecule has 2 heterocycles. The third-order valence-electron chi connectivity index (χ3n) is 6.23. The zero-order chi connectivity index (χ0) is 20.2. The van der Waals surface area contributed by atoms with E-state index in [9.17, 15) is 9.90 Å². The molecule has 6 heteroatoms. The number of benzene rings is 1. The maximum Gasteiger partial charge on any atom is 0.269 e. The van der Waals surface area contributed by atoms with Gasteiger partial charge >= 0.3 is 0 Å². The van der Waals surface area contributed by atoms with Crippen LogP contribution in [0.1, 0.15) is 43.2 Å². The molecule has 1 atom stereocenters. The van der Waals surface area contributed by atoms with Gasteiger partial charge in [0, 0.05) is 30.8 Å². The highest BCUT2D eigenvalue weighted by molar-refractivity contribution is 5.66. The summed E-state index contributed by atoms with van der Waals surface area (Å²) >= 11 is 0. The third kappa shape index (κ3) is 4.38. The predicted molar refractivity (Wildman–Crippen MR) is 113 cm³/mol. The van der Waals surface area contributed by atoms with E-state index in [1.807, 2.05) is 24.3 Å². The highest BCUT2D eigenvalue weighted by Gasteiger charge is 2.22. The number of rotatable bonds is 7. The summed E-state index contributed by atoms with van der Waals surface area (Å²) in [5, 5.41) is 14.1. The van der Waals surface area contributed by atoms with Gasteiger partial charge in [-0.2, -0.15) is 5.10 Å². The van der Waals surface area contributed by atoms with Gasteiger partial charge in [0.05, 0.1) is 18.9 Å². The first-order valence-corrected chi connectivity index (χ1v) is 10.8. The van der Waals surface area contributed by atoms with Crippen molar-refractivity contribution in [2.75, 3.05) is 26.3 Å². The van der Waals surface area contributed by atoms with Crippen LogP contribution in [0.15, 0.2) is 29.1 Å². The van der Waals surface area contributed by atoms with E-state index < -0.39 is 0 Å². The molecule has 1 aromatic heterocycles. The summed E-state index contributed by atoms with van der Waals surface area (Å²) < 4.78 is 7.48. The minimum absolute atomic E-state index is 0.0348. The number of aryl methyl sites for hydroxylation is 1. The van der Waals surface area contributed by atoms with Crippen LogP contribution in [0.4, 0.5) is 0 Å². The Morgan fingerprint density at radius 1 is 1.21 bits per heavy atom. The van der Waals surface area contributed by atoms with Crippen LogP contribution in [0, 0.1) is 0 Å². The molecule has 2 aromatic rings. The second-order valence-electron chi connectivity index (χ2n) is 8.19. The number of aliphatic hydroxyl groups excluding tert-OH is 1. The fourth-order valence-electron chi connectivity index (χ4n) is 4.68. The van der Waals surface area contributed by atoms with E-state index in [-0.39, 0.29) is 12.2 Å². The van der Waals surface area contributed by atoms with Crippen LogP contribution in [-0.2, 0) is 19.9 Å². The number of hydrogen-bond acceptors (Lipinski definition) is 5. The van der Waals surface area contributed by atoms with Gasteiger partial charge < -0.3 is 9.84 Å². The first kappa shape index (κ1) is 20.1. The smallest absolute Gasteiger partial charge is 0.269 e. The molecule has 1 aromatic carbocycles. The van der Waals surface area contributed by atoms with Crippen molar-refractivity contribution >= 4 is 0 Å². The molecule has 0 radical (unpaired) electrons. The largest absolute Gasteiger partial charge is 0.494 e. The summed E-state index contributed by atoms with van der Waals surface area (Å²) in [6.45, 7) is 2.93. The SMILES string of the molecule is Cn1nc(-c2cccc(OCCCN3CCCC[C@H]3CO)c2)c2c(c1=O)CCC2. The molecule has 0 unspecified atom stereocenters. The Morgan fingerprint density at radius 3 is 2.93 bits per heavy atom. The van der Waals surface area contributed by atoms with Crippen LogP contribution in [-0.4, -0.2) is 52.1 Å². The molecule has 1 fully saturated rings. The Bertz CT molecular complexity index is 909. The van der Waals surface area contributed by atoms with Gasteiger partial charge in [-0.15, -0.1) is 0 Å². The van der Waals surface area contributed by atoms with Crippen molar-refractivity contribution in [2.24, 2.45) is 7.05 Å². The van der Waals surface area contributed by atoms with Crippen molar-refractivity contribution in [3.8, 4) is 17.0 Å². The van der Waals surface area contributed by atoms with E-state index in [1.165, 1.54) is 17.5 Å². The first-order valence-electron chi connectivity index (χ1n) is 10.8. The summed E-state index contributed by atoms with van der Waals surface area (Å²) in [7, 11) is 1.73. The molecular weight excluding hydrogens is 366 g/mol. The maximum absolute atomic E-state index is 12.3. The minimum atomic E-state index is 0.0348. The van der Waals surface area contributed by atoms with Crippen LogP contribution in [0.5, 0.6) is 5.75 Å². The maximum atomic E-state index is 12.3. The monoisotopic (exact) mass is 397 g/mol. The fourth-order valence-corrected chi connectivity index (χ4v) is 4.68. The van der Waals surface area contributed by atoms with Gasteiger partial charge in [-0.1, -0.05) is 18.6 Å². The lowest BCUT2D eigenvalue weighted by Gasteiger charge is -2.34. The Balaban J connectivity index is 1.41. The van der Waals surface area contributed by atoms with Crippen molar-refractivity contribution in [3.05, 3.63) is 45.7 Å². The number of aliphatic hydroxyl groups is 1. The van der Waals surface area contributed by atoms with Crippen molar-refractivity contribution < 1.29 is 9.84 Å². The number of likely N-dealkylation sites (tertiary alicyclic amines) is 1. The van der Waals surface area contributed by atoms with Crippen molar-refractivity contribution in [1.82, 2.24) is 14.7 Å². The van der Waals surface area contributed by atoms with Crippen LogP contribution in [0.2, 0.25) is 0 Å². The van der Waals surface area contributed by atoms with Gasteiger partial charge in [0.15, 0.2) is 0 Å². The number of fused-ring (bicyclic) bond motifs is 1. The van der Waals surface area contributed by atoms with E-state index in [2.05, 4.69) is 10.00 Å². The lowest BCUT2D eigenvalue weighted by atomic mass is 10.0. The lowest BCUT2D eigenvalue weighted by molar-refractivity contribution is 0.0851. The molecule has 1 aliphatic heterocycles. The number of ether oxygens (including phenoxy) is 1. The molecule has 1 aliphatic carbocycles. The van der Waals surface area contributed by atoms with Crippen LogP contribution < -0.4 is 10.3 Å². The fraction of sp³-hybridized carbons (Fsp3) is 0.565. The number of hydrogen-bond donors (Lipinski definition) is 1. The normalized spacial score (nSPS) is 19.3. The first-order chi connectivity index (χ1) is 14.2. The third-order valence-corrected chi connectivity index (χ3v) is 6.23. The standard InChI is InChI=1S/C23H31N3O3/c1-25-23(28)21-11-5-10-20(21)22(24-25)17-7-4-9-19(15-17)29-14-6-13-26-12-3-2-8-18(26)16-27/h4,7,9,15,18,27H,2-3,5-6,8,10-14,16H2,1H3/t18-/m0/s1. The average Bonchev–Trinajstić information content (AvgIpc) is 3.24. The molecule has 1 saturated heterocycles. The zero-order valence-corrected chi connectivity index (χ0v) is 17.3. The molecule has 6 nitrogen and oxygen atoms in total. The van der Waals surface area contributed by atoms with Crippen LogP contribution in [0.3, 0.4) is 0 Å². The van der Waals surface area contributed by atoms with E-state index >= 15 is 0 Å².